The number of fused-ring (bicyclic) bond motifs is 2. The van der Waals surface area contributed by atoms with Crippen LogP contribution in [0.2, 0.25) is 0 Å². The second-order valence-electron chi connectivity index (χ2n) is 18.7. The molecule has 1 saturated carbocycles. The number of amides is 1. The average molecular weight is 991 g/mol. The minimum Gasteiger partial charge on any atom is -0.496 e. The first-order valence-corrected chi connectivity index (χ1v) is 25.3. The molecule has 2 heterocycles. The molecule has 72 heavy (non-hydrogen) atoms. The maximum Gasteiger partial charge on any atom is 0.410 e. The summed E-state index contributed by atoms with van der Waals surface area (Å²) in [5.74, 6) is -1.27. The van der Waals surface area contributed by atoms with Crippen LogP contribution in [0.4, 0.5) is 9.18 Å². The Morgan fingerprint density at radius 2 is 1.71 bits per heavy atom. The predicted octanol–water partition coefficient (Wildman–Crippen LogP) is 10.5. The molecule has 4 aliphatic rings. The molecular weight excluding hydrogens is 924 g/mol. The third-order valence-electron chi connectivity index (χ3n) is 14.1. The van der Waals surface area contributed by atoms with Gasteiger partial charge in [-0.3, -0.25) is 9.69 Å². The van der Waals surface area contributed by atoms with Crippen molar-refractivity contribution in [1.29, 1.82) is 0 Å². The molecule has 2 N–H and O–H groups in total. The van der Waals surface area contributed by atoms with Crippen LogP contribution in [0.25, 0.3) is 0 Å². The van der Waals surface area contributed by atoms with Gasteiger partial charge in [0.25, 0.3) is 0 Å². The Kier molecular flexibility index (Phi) is 18.5. The quantitative estimate of drug-likeness (QED) is 0.0280. The van der Waals surface area contributed by atoms with E-state index in [1.54, 1.807) is 47.4 Å². The van der Waals surface area contributed by atoms with Crippen molar-refractivity contribution in [3.05, 3.63) is 143 Å². The molecule has 0 spiro atoms. The van der Waals surface area contributed by atoms with Crippen LogP contribution < -0.4 is 14.2 Å². The molecular formula is C57H67FN2O12. The fourth-order valence-corrected chi connectivity index (χ4v) is 10.8. The minimum atomic E-state index is -1.61. The van der Waals surface area contributed by atoms with E-state index in [-0.39, 0.29) is 63.8 Å². The van der Waals surface area contributed by atoms with E-state index in [1.807, 2.05) is 42.5 Å². The standard InChI is InChI=1S/C57H67FN2O12/c1-3-28-69-57-52(60(36-39-18-20-43(58)21-19-39)56(64)68-31-30-66-38-40-13-5-4-6-14-40)35-49(59-72-53-17-9-12-29-67-53)47-33-41(15-7-10-26-61)46(16-8-11-27-62)54(55(47)57)48-34-45(23-25-51(48)71-57)70-44-22-24-50(65-2)42(32-44)37-63/h3-6,13-14,18-25,32-34,37,41,46,52-55,61-62H,1,7-12,15-17,26-31,35-36,38H2,2H3. The second-order valence-corrected chi connectivity index (χ2v) is 18.7. The molecule has 7 unspecified atom stereocenters. The summed E-state index contributed by atoms with van der Waals surface area (Å²) in [6.07, 6.45) is 10.2. The van der Waals surface area contributed by atoms with E-state index in [1.165, 1.54) is 19.2 Å². The van der Waals surface area contributed by atoms with Crippen molar-refractivity contribution in [2.24, 2.45) is 22.9 Å². The van der Waals surface area contributed by atoms with Crippen LogP contribution in [-0.4, -0.2) is 98.1 Å². The van der Waals surface area contributed by atoms with Crippen LogP contribution in [0.1, 0.15) is 97.2 Å². The maximum absolute atomic E-state index is 15.0. The number of benzene rings is 4. The molecule has 0 radical (unpaired) electrons. The van der Waals surface area contributed by atoms with Crippen molar-refractivity contribution < 1.29 is 62.2 Å². The molecule has 2 fully saturated rings. The summed E-state index contributed by atoms with van der Waals surface area (Å²) in [4.78, 5) is 35.0. The van der Waals surface area contributed by atoms with E-state index in [0.717, 1.165) is 55.1 Å². The normalized spacial score (nSPS) is 23.7. The third kappa shape index (κ3) is 12.4. The monoisotopic (exact) mass is 990 g/mol. The van der Waals surface area contributed by atoms with Crippen LogP contribution in [0.15, 0.2) is 120 Å². The number of hydrogen-bond donors (Lipinski definition) is 2. The van der Waals surface area contributed by atoms with Gasteiger partial charge in [0.15, 0.2) is 6.29 Å². The lowest BCUT2D eigenvalue weighted by molar-refractivity contribution is -0.256. The molecule has 7 atom stereocenters. The summed E-state index contributed by atoms with van der Waals surface area (Å²) < 4.78 is 59.0. The summed E-state index contributed by atoms with van der Waals surface area (Å²) in [6.45, 7) is 5.11. The van der Waals surface area contributed by atoms with E-state index in [4.69, 9.17) is 43.2 Å². The number of hydrogen-bond acceptors (Lipinski definition) is 13. The molecule has 4 aromatic carbocycles. The minimum absolute atomic E-state index is 0.0124. The molecule has 384 valence electrons. The van der Waals surface area contributed by atoms with Gasteiger partial charge in [0.1, 0.15) is 41.5 Å². The SMILES string of the molecule is C=CCOC12Oc3ccc(Oc4ccc(OC)c(C=O)c4)cc3C3C(CCCCO)C(CCCCO)C=C(C(=NOC4CCCCO4)CC1N(Cc1ccc(F)cc1)C(=O)OCCOCc1ccccc1)C32. The number of oxime groups is 1. The van der Waals surface area contributed by atoms with Gasteiger partial charge in [0.05, 0.1) is 50.7 Å². The second kappa shape index (κ2) is 25.5. The van der Waals surface area contributed by atoms with Gasteiger partial charge in [-0.1, -0.05) is 72.6 Å². The summed E-state index contributed by atoms with van der Waals surface area (Å²) >= 11 is 0. The van der Waals surface area contributed by atoms with E-state index < -0.39 is 35.9 Å². The van der Waals surface area contributed by atoms with Crippen LogP contribution in [0.3, 0.4) is 0 Å². The van der Waals surface area contributed by atoms with Crippen LogP contribution in [0.5, 0.6) is 23.0 Å². The topological polar surface area (TPSA) is 164 Å². The van der Waals surface area contributed by atoms with Crippen molar-refractivity contribution in [1.82, 2.24) is 4.90 Å². The molecule has 14 nitrogen and oxygen atoms in total. The zero-order valence-electron chi connectivity index (χ0n) is 41.0. The summed E-state index contributed by atoms with van der Waals surface area (Å²) in [5, 5.41) is 25.1. The lowest BCUT2D eigenvalue weighted by Gasteiger charge is -2.59. The van der Waals surface area contributed by atoms with E-state index in [9.17, 15) is 19.4 Å². The van der Waals surface area contributed by atoms with Crippen molar-refractivity contribution in [3.63, 3.8) is 0 Å². The third-order valence-corrected chi connectivity index (χ3v) is 14.1. The first-order chi connectivity index (χ1) is 35.3. The van der Waals surface area contributed by atoms with Gasteiger partial charge in [0.2, 0.25) is 12.1 Å². The zero-order valence-corrected chi connectivity index (χ0v) is 41.0. The summed E-state index contributed by atoms with van der Waals surface area (Å²) in [5.41, 5.74) is 4.23. The summed E-state index contributed by atoms with van der Waals surface area (Å²) in [7, 11) is 1.50. The van der Waals surface area contributed by atoms with E-state index in [0.29, 0.717) is 78.7 Å². The first-order valence-electron chi connectivity index (χ1n) is 25.3. The highest BCUT2D eigenvalue weighted by Gasteiger charge is 2.66. The molecule has 0 aromatic heterocycles. The molecule has 1 amide bonds. The number of nitrogens with zero attached hydrogens (tertiary/aromatic N) is 2. The van der Waals surface area contributed by atoms with Crippen LogP contribution in [-0.2, 0) is 36.9 Å². The largest absolute Gasteiger partial charge is 0.496 e. The van der Waals surface area contributed by atoms with Crippen molar-refractivity contribution in [3.8, 4) is 23.0 Å². The van der Waals surface area contributed by atoms with Crippen molar-refractivity contribution in [2.45, 2.75) is 101 Å². The number of aliphatic hydroxyl groups excluding tert-OH is 2. The number of methoxy groups -OCH3 is 1. The lowest BCUT2D eigenvalue weighted by atomic mass is 9.55. The van der Waals surface area contributed by atoms with Gasteiger partial charge in [-0.15, -0.1) is 6.58 Å². The molecule has 15 heteroatoms. The number of aldehydes is 1. The highest BCUT2D eigenvalue weighted by Crippen LogP contribution is 2.62. The highest BCUT2D eigenvalue weighted by molar-refractivity contribution is 6.03. The maximum atomic E-state index is 15.0. The van der Waals surface area contributed by atoms with Gasteiger partial charge in [0, 0.05) is 44.1 Å². The molecule has 2 aliphatic heterocycles. The number of carbonyl (C=O) groups excluding carboxylic acids is 2. The number of ether oxygens (including phenoxy) is 7. The first kappa shape index (κ1) is 52.2. The van der Waals surface area contributed by atoms with Gasteiger partial charge in [-0.2, -0.15) is 0 Å². The van der Waals surface area contributed by atoms with Gasteiger partial charge >= 0.3 is 6.09 Å². The zero-order chi connectivity index (χ0) is 50.3. The Labute approximate surface area is 421 Å². The van der Waals surface area contributed by atoms with Gasteiger partial charge in [-0.05, 0) is 116 Å². The number of allylic oxidation sites excluding steroid dienone is 1. The predicted molar refractivity (Wildman–Crippen MR) is 267 cm³/mol. The fraction of sp³-hybridized carbons (Fsp3) is 0.456. The Morgan fingerprint density at radius 1 is 0.931 bits per heavy atom. The van der Waals surface area contributed by atoms with E-state index in [2.05, 4.69) is 12.7 Å². The fourth-order valence-electron chi connectivity index (χ4n) is 10.8. The smallest absolute Gasteiger partial charge is 0.410 e. The van der Waals surface area contributed by atoms with E-state index >= 15 is 4.79 Å². The van der Waals surface area contributed by atoms with Gasteiger partial charge < -0.3 is 48.2 Å². The van der Waals surface area contributed by atoms with Crippen LogP contribution >= 0.6 is 0 Å². The van der Waals surface area contributed by atoms with Crippen molar-refractivity contribution >= 4 is 18.1 Å². The number of aliphatic hydroxyl groups is 2. The Bertz CT molecular complexity index is 2480. The average Bonchev–Trinajstić information content (AvgIpc) is 3.41. The molecule has 8 rings (SSSR count). The van der Waals surface area contributed by atoms with Crippen molar-refractivity contribution in [2.75, 3.05) is 46.8 Å². The number of rotatable bonds is 25. The number of unbranched alkanes of at least 4 members (excludes halogenated alkanes) is 2. The summed E-state index contributed by atoms with van der Waals surface area (Å²) in [6, 6.07) is 25.5. The molecule has 0 bridgehead atoms. The van der Waals surface area contributed by atoms with Crippen LogP contribution in [0, 0.1) is 23.6 Å². The molecule has 4 aromatic rings. The van der Waals surface area contributed by atoms with Gasteiger partial charge in [-0.25, -0.2) is 9.18 Å². The number of carbonyl (C=O) groups is 2. The highest BCUT2D eigenvalue weighted by atomic mass is 19.1. The number of halogens is 1. The Hall–Kier alpha value is -6.10. The Morgan fingerprint density at radius 3 is 2.44 bits per heavy atom. The lowest BCUT2D eigenvalue weighted by Crippen LogP contribution is -2.70. The molecule has 1 saturated heterocycles. The Balaban J connectivity index is 1.28. The molecule has 2 aliphatic carbocycles.